The minimum Gasteiger partial charge on any atom is -0.355 e. The molecule has 27 heavy (non-hydrogen) atoms. The summed E-state index contributed by atoms with van der Waals surface area (Å²) in [5.41, 5.74) is 3.58. The molecule has 1 fully saturated rings. The standard InChI is InChI=1S/C22H31N3OS/c1-16-17(2)25(20-12-8-5-9-13-20)22(24-16)27-18(3)21(26)23-15-14-19-10-6-4-7-11-19/h4,6-7,10-11,18,20H,5,8-9,12-15H2,1-3H3,(H,23,26). The van der Waals surface area contributed by atoms with Gasteiger partial charge in [-0.15, -0.1) is 0 Å². The Kier molecular flexibility index (Phi) is 7.00. The third-order valence-corrected chi connectivity index (χ3v) is 6.57. The quantitative estimate of drug-likeness (QED) is 0.694. The maximum absolute atomic E-state index is 12.5. The van der Waals surface area contributed by atoms with Crippen LogP contribution in [0.2, 0.25) is 0 Å². The van der Waals surface area contributed by atoms with Crippen LogP contribution in [0.15, 0.2) is 35.5 Å². The van der Waals surface area contributed by atoms with Crippen molar-refractivity contribution in [1.29, 1.82) is 0 Å². The van der Waals surface area contributed by atoms with E-state index in [4.69, 9.17) is 4.98 Å². The zero-order valence-corrected chi connectivity index (χ0v) is 17.5. The second kappa shape index (κ2) is 9.45. The summed E-state index contributed by atoms with van der Waals surface area (Å²) < 4.78 is 2.40. The van der Waals surface area contributed by atoms with Crippen molar-refractivity contribution in [3.63, 3.8) is 0 Å². The number of hydrogen-bond donors (Lipinski definition) is 1. The summed E-state index contributed by atoms with van der Waals surface area (Å²) in [7, 11) is 0. The highest BCUT2D eigenvalue weighted by molar-refractivity contribution is 8.00. The number of rotatable bonds is 7. The molecule has 1 aromatic carbocycles. The number of amides is 1. The molecule has 0 aliphatic heterocycles. The highest BCUT2D eigenvalue weighted by Crippen LogP contribution is 2.35. The van der Waals surface area contributed by atoms with Crippen LogP contribution in [0.4, 0.5) is 0 Å². The van der Waals surface area contributed by atoms with Crippen LogP contribution in [0, 0.1) is 13.8 Å². The van der Waals surface area contributed by atoms with Crippen molar-refractivity contribution < 1.29 is 4.79 Å². The van der Waals surface area contributed by atoms with E-state index in [2.05, 4.69) is 35.9 Å². The zero-order chi connectivity index (χ0) is 19.2. The predicted octanol–water partition coefficient (Wildman–Crippen LogP) is 4.84. The Morgan fingerprint density at radius 1 is 1.22 bits per heavy atom. The van der Waals surface area contributed by atoms with E-state index in [-0.39, 0.29) is 11.2 Å². The van der Waals surface area contributed by atoms with Gasteiger partial charge in [0.05, 0.1) is 10.9 Å². The van der Waals surface area contributed by atoms with Crippen LogP contribution in [0.25, 0.3) is 0 Å². The van der Waals surface area contributed by atoms with Crippen molar-refractivity contribution in [2.45, 2.75) is 75.7 Å². The van der Waals surface area contributed by atoms with Crippen LogP contribution in [0.5, 0.6) is 0 Å². The monoisotopic (exact) mass is 385 g/mol. The lowest BCUT2D eigenvalue weighted by atomic mass is 9.95. The van der Waals surface area contributed by atoms with Gasteiger partial charge in [0.2, 0.25) is 5.91 Å². The summed E-state index contributed by atoms with van der Waals surface area (Å²) in [5, 5.41) is 3.93. The molecular formula is C22H31N3OS. The fraction of sp³-hybridized carbons (Fsp3) is 0.545. The molecule has 1 aliphatic rings. The Morgan fingerprint density at radius 3 is 2.63 bits per heavy atom. The van der Waals surface area contributed by atoms with Gasteiger partial charge >= 0.3 is 0 Å². The summed E-state index contributed by atoms with van der Waals surface area (Å²) >= 11 is 1.59. The van der Waals surface area contributed by atoms with Gasteiger partial charge in [-0.25, -0.2) is 4.98 Å². The molecule has 1 amide bonds. The molecule has 5 heteroatoms. The Hall–Kier alpha value is -1.75. The summed E-state index contributed by atoms with van der Waals surface area (Å²) in [6, 6.07) is 10.8. The topological polar surface area (TPSA) is 46.9 Å². The Morgan fingerprint density at radius 2 is 1.93 bits per heavy atom. The molecule has 1 atom stereocenters. The van der Waals surface area contributed by atoms with Crippen LogP contribution in [-0.4, -0.2) is 27.3 Å². The largest absolute Gasteiger partial charge is 0.355 e. The van der Waals surface area contributed by atoms with Gasteiger partial charge in [-0.05, 0) is 45.6 Å². The summed E-state index contributed by atoms with van der Waals surface area (Å²) in [6.45, 7) is 6.88. The predicted molar refractivity (Wildman–Crippen MR) is 112 cm³/mol. The van der Waals surface area contributed by atoms with Gasteiger partial charge < -0.3 is 9.88 Å². The van der Waals surface area contributed by atoms with Crippen molar-refractivity contribution in [3.8, 4) is 0 Å². The van der Waals surface area contributed by atoms with E-state index >= 15 is 0 Å². The van der Waals surface area contributed by atoms with E-state index in [1.807, 2.05) is 25.1 Å². The number of nitrogens with one attached hydrogen (secondary N) is 1. The van der Waals surface area contributed by atoms with Gasteiger partial charge in [-0.3, -0.25) is 4.79 Å². The molecule has 0 spiro atoms. The fourth-order valence-corrected chi connectivity index (χ4v) is 4.87. The number of carbonyl (C=O) groups is 1. The lowest BCUT2D eigenvalue weighted by molar-refractivity contribution is -0.120. The Labute approximate surface area is 167 Å². The molecule has 146 valence electrons. The second-order valence-corrected chi connectivity index (χ2v) is 8.82. The molecular weight excluding hydrogens is 354 g/mol. The first-order valence-corrected chi connectivity index (χ1v) is 11.0. The average Bonchev–Trinajstić information content (AvgIpc) is 2.96. The first-order valence-electron chi connectivity index (χ1n) is 10.1. The SMILES string of the molecule is Cc1nc(SC(C)C(=O)NCCc2ccccc2)n(C2CCCCC2)c1C. The third kappa shape index (κ3) is 5.16. The van der Waals surface area contributed by atoms with Crippen molar-refractivity contribution in [3.05, 3.63) is 47.3 Å². The molecule has 0 radical (unpaired) electrons. The Bertz CT molecular complexity index is 750. The number of aryl methyl sites for hydroxylation is 1. The van der Waals surface area contributed by atoms with E-state index in [0.717, 1.165) is 17.3 Å². The highest BCUT2D eigenvalue weighted by atomic mass is 32.2. The minimum atomic E-state index is -0.149. The lowest BCUT2D eigenvalue weighted by Crippen LogP contribution is -2.32. The second-order valence-electron chi connectivity index (χ2n) is 7.51. The van der Waals surface area contributed by atoms with Crippen LogP contribution < -0.4 is 5.32 Å². The lowest BCUT2D eigenvalue weighted by Gasteiger charge is -2.26. The maximum atomic E-state index is 12.5. The number of aromatic nitrogens is 2. The number of thioether (sulfide) groups is 1. The number of carbonyl (C=O) groups excluding carboxylic acids is 1. The van der Waals surface area contributed by atoms with Gasteiger partial charge in [-0.2, -0.15) is 0 Å². The molecule has 0 bridgehead atoms. The van der Waals surface area contributed by atoms with E-state index in [1.54, 1.807) is 11.8 Å². The molecule has 1 heterocycles. The fourth-order valence-electron chi connectivity index (χ4n) is 3.78. The molecule has 0 saturated heterocycles. The number of imidazole rings is 1. The van der Waals surface area contributed by atoms with Crippen LogP contribution in [0.1, 0.15) is 62.0 Å². The first-order chi connectivity index (χ1) is 13.1. The molecule has 1 aromatic heterocycles. The van der Waals surface area contributed by atoms with E-state index in [0.29, 0.717) is 12.6 Å². The van der Waals surface area contributed by atoms with E-state index in [9.17, 15) is 4.79 Å². The van der Waals surface area contributed by atoms with Gasteiger partial charge in [-0.1, -0.05) is 61.4 Å². The molecule has 1 saturated carbocycles. The van der Waals surface area contributed by atoms with Crippen LogP contribution >= 0.6 is 11.8 Å². The first kappa shape index (κ1) is 20.0. The number of hydrogen-bond acceptors (Lipinski definition) is 3. The Balaban J connectivity index is 1.59. The van der Waals surface area contributed by atoms with Gasteiger partial charge in [0, 0.05) is 18.3 Å². The van der Waals surface area contributed by atoms with Crippen molar-refractivity contribution in [1.82, 2.24) is 14.9 Å². The van der Waals surface area contributed by atoms with Crippen molar-refractivity contribution in [2.75, 3.05) is 6.54 Å². The molecule has 2 aromatic rings. The summed E-state index contributed by atoms with van der Waals surface area (Å²) in [6.07, 6.45) is 7.23. The third-order valence-electron chi connectivity index (χ3n) is 5.50. The van der Waals surface area contributed by atoms with Crippen molar-refractivity contribution >= 4 is 17.7 Å². The molecule has 3 rings (SSSR count). The van der Waals surface area contributed by atoms with Crippen LogP contribution in [-0.2, 0) is 11.2 Å². The maximum Gasteiger partial charge on any atom is 0.233 e. The van der Waals surface area contributed by atoms with Crippen LogP contribution in [0.3, 0.4) is 0 Å². The molecule has 1 unspecified atom stereocenters. The van der Waals surface area contributed by atoms with Crippen molar-refractivity contribution in [2.24, 2.45) is 0 Å². The van der Waals surface area contributed by atoms with Gasteiger partial charge in [0.25, 0.3) is 0 Å². The molecule has 4 nitrogen and oxygen atoms in total. The summed E-state index contributed by atoms with van der Waals surface area (Å²) in [5.74, 6) is 0.0874. The molecule has 1 N–H and O–H groups in total. The highest BCUT2D eigenvalue weighted by Gasteiger charge is 2.24. The average molecular weight is 386 g/mol. The molecule has 1 aliphatic carbocycles. The number of nitrogens with zero attached hydrogens (tertiary/aromatic N) is 2. The zero-order valence-electron chi connectivity index (χ0n) is 16.7. The van der Waals surface area contributed by atoms with E-state index < -0.39 is 0 Å². The smallest absolute Gasteiger partial charge is 0.233 e. The minimum absolute atomic E-state index is 0.0874. The normalized spacial score (nSPS) is 16.3. The van der Waals surface area contributed by atoms with Gasteiger partial charge in [0.15, 0.2) is 5.16 Å². The number of benzene rings is 1. The van der Waals surface area contributed by atoms with E-state index in [1.165, 1.54) is 43.4 Å². The van der Waals surface area contributed by atoms with Gasteiger partial charge in [0.1, 0.15) is 0 Å². The summed E-state index contributed by atoms with van der Waals surface area (Å²) in [4.78, 5) is 17.3.